The van der Waals surface area contributed by atoms with Crippen molar-refractivity contribution >= 4 is 23.1 Å². The Morgan fingerprint density at radius 3 is 2.46 bits per heavy atom. The van der Waals surface area contributed by atoms with Crippen molar-refractivity contribution in [1.29, 1.82) is 5.26 Å². The largest absolute Gasteiger partial charge is 0.329 e. The molecule has 0 aliphatic heterocycles. The van der Waals surface area contributed by atoms with E-state index in [1.807, 2.05) is 73.5 Å². The molecule has 0 atom stereocenters. The summed E-state index contributed by atoms with van der Waals surface area (Å²) in [5.74, 6) is 1.25. The number of nitrogens with one attached hydrogen (secondary N) is 1. The first-order valence-corrected chi connectivity index (χ1v) is 7.58. The third-order valence-electron chi connectivity index (χ3n) is 3.62. The smallest absolute Gasteiger partial charge is 0.229 e. The molecule has 0 radical (unpaired) electrons. The van der Waals surface area contributed by atoms with Crippen molar-refractivity contribution in [1.82, 2.24) is 9.97 Å². The van der Waals surface area contributed by atoms with E-state index in [-0.39, 0.29) is 0 Å². The maximum Gasteiger partial charge on any atom is 0.229 e. The summed E-state index contributed by atoms with van der Waals surface area (Å²) in [5, 5.41) is 12.3. The second-order valence-corrected chi connectivity index (χ2v) is 5.37. The topological polar surface area (TPSA) is 64.8 Å². The molecule has 1 aromatic heterocycles. The summed E-state index contributed by atoms with van der Waals surface area (Å²) in [4.78, 5) is 11.0. The van der Waals surface area contributed by atoms with Crippen LogP contribution in [0.1, 0.15) is 11.3 Å². The fourth-order valence-electron chi connectivity index (χ4n) is 2.37. The first-order valence-electron chi connectivity index (χ1n) is 7.58. The summed E-state index contributed by atoms with van der Waals surface area (Å²) < 4.78 is 0. The summed E-state index contributed by atoms with van der Waals surface area (Å²) in [6, 6.07) is 21.4. The van der Waals surface area contributed by atoms with Gasteiger partial charge in [-0.2, -0.15) is 10.2 Å². The van der Waals surface area contributed by atoms with Gasteiger partial charge in [0, 0.05) is 24.5 Å². The van der Waals surface area contributed by atoms with Crippen LogP contribution in [0.25, 0.3) is 0 Å². The van der Waals surface area contributed by atoms with Crippen LogP contribution in [0.3, 0.4) is 0 Å². The first-order chi connectivity index (χ1) is 11.7. The van der Waals surface area contributed by atoms with Crippen LogP contribution < -0.4 is 10.2 Å². The zero-order chi connectivity index (χ0) is 16.9. The summed E-state index contributed by atoms with van der Waals surface area (Å²) in [7, 11) is 1.96. The molecule has 1 N–H and O–H groups in total. The van der Waals surface area contributed by atoms with Gasteiger partial charge in [-0.1, -0.05) is 30.3 Å². The molecule has 0 saturated heterocycles. The lowest BCUT2D eigenvalue weighted by Gasteiger charge is -2.19. The van der Waals surface area contributed by atoms with Crippen LogP contribution in [0.5, 0.6) is 0 Å². The van der Waals surface area contributed by atoms with Gasteiger partial charge in [-0.05, 0) is 31.2 Å². The van der Waals surface area contributed by atoms with Crippen LogP contribution in [0.15, 0.2) is 60.7 Å². The summed E-state index contributed by atoms with van der Waals surface area (Å²) in [6.07, 6.45) is 0. The maximum atomic E-state index is 9.20. The lowest BCUT2D eigenvalue weighted by Crippen LogP contribution is -2.13. The van der Waals surface area contributed by atoms with Gasteiger partial charge in [0.25, 0.3) is 0 Å². The number of anilines is 4. The number of aromatic nitrogens is 2. The van der Waals surface area contributed by atoms with Crippen LogP contribution in [-0.2, 0) is 0 Å². The van der Waals surface area contributed by atoms with E-state index in [0.717, 1.165) is 17.2 Å². The molecule has 0 aliphatic rings. The third-order valence-corrected chi connectivity index (χ3v) is 3.62. The fourth-order valence-corrected chi connectivity index (χ4v) is 2.37. The van der Waals surface area contributed by atoms with Crippen molar-refractivity contribution in [3.8, 4) is 6.07 Å². The molecule has 3 aromatic rings. The van der Waals surface area contributed by atoms with Gasteiger partial charge in [-0.3, -0.25) is 0 Å². The molecule has 118 valence electrons. The van der Waals surface area contributed by atoms with Crippen LogP contribution in [0.4, 0.5) is 23.1 Å². The molecule has 0 aliphatic carbocycles. The summed E-state index contributed by atoms with van der Waals surface area (Å²) in [5.41, 5.74) is 3.14. The van der Waals surface area contributed by atoms with Gasteiger partial charge >= 0.3 is 0 Å². The highest BCUT2D eigenvalue weighted by Gasteiger charge is 2.10. The third kappa shape index (κ3) is 3.33. The second kappa shape index (κ2) is 6.80. The molecule has 0 unspecified atom stereocenters. The lowest BCUT2D eigenvalue weighted by molar-refractivity contribution is 1.05. The quantitative estimate of drug-likeness (QED) is 0.783. The number of aryl methyl sites for hydroxylation is 1. The fraction of sp³-hybridized carbons (Fsp3) is 0.105. The normalized spacial score (nSPS) is 10.0. The Bertz CT molecular complexity index is 884. The summed E-state index contributed by atoms with van der Waals surface area (Å²) >= 11 is 0. The SMILES string of the molecule is Cc1cc(N(C)c2ccccc2)nc(Nc2ccccc2C#N)n1. The highest BCUT2D eigenvalue weighted by molar-refractivity contribution is 5.65. The molecular formula is C19H17N5. The molecule has 3 rings (SSSR count). The van der Waals surface area contributed by atoms with E-state index in [9.17, 15) is 5.26 Å². The molecule has 2 aromatic carbocycles. The number of nitriles is 1. The first kappa shape index (κ1) is 15.5. The van der Waals surface area contributed by atoms with Gasteiger partial charge in [0.05, 0.1) is 11.3 Å². The second-order valence-electron chi connectivity index (χ2n) is 5.37. The molecule has 0 fully saturated rings. The van der Waals surface area contributed by atoms with Crippen molar-refractivity contribution in [2.75, 3.05) is 17.3 Å². The highest BCUT2D eigenvalue weighted by Crippen LogP contribution is 2.24. The molecule has 5 heteroatoms. The van der Waals surface area contributed by atoms with E-state index in [2.05, 4.69) is 21.4 Å². The number of hydrogen-bond acceptors (Lipinski definition) is 5. The molecule has 0 saturated carbocycles. The minimum absolute atomic E-state index is 0.468. The van der Waals surface area contributed by atoms with Gasteiger partial charge in [0.1, 0.15) is 11.9 Å². The number of para-hydroxylation sites is 2. The Morgan fingerprint density at radius 1 is 1.00 bits per heavy atom. The predicted molar refractivity (Wildman–Crippen MR) is 95.7 cm³/mol. The van der Waals surface area contributed by atoms with Crippen LogP contribution in [0.2, 0.25) is 0 Å². The van der Waals surface area contributed by atoms with Crippen molar-refractivity contribution in [3.05, 3.63) is 71.9 Å². The zero-order valence-electron chi connectivity index (χ0n) is 13.6. The minimum atomic E-state index is 0.468. The molecule has 5 nitrogen and oxygen atoms in total. The van der Waals surface area contributed by atoms with Gasteiger partial charge in [0.2, 0.25) is 5.95 Å². The van der Waals surface area contributed by atoms with Crippen molar-refractivity contribution in [3.63, 3.8) is 0 Å². The van der Waals surface area contributed by atoms with Crippen molar-refractivity contribution in [2.24, 2.45) is 0 Å². The Morgan fingerprint density at radius 2 is 1.71 bits per heavy atom. The molecule has 0 amide bonds. The number of benzene rings is 2. The average Bonchev–Trinajstić information content (AvgIpc) is 2.62. The van der Waals surface area contributed by atoms with Crippen LogP contribution in [-0.4, -0.2) is 17.0 Å². The Kier molecular flexibility index (Phi) is 4.39. The molecular weight excluding hydrogens is 298 g/mol. The molecule has 1 heterocycles. The minimum Gasteiger partial charge on any atom is -0.329 e. The van der Waals surface area contributed by atoms with Crippen LogP contribution >= 0.6 is 0 Å². The standard InChI is InChI=1S/C19H17N5/c1-14-12-18(24(2)16-9-4-3-5-10-16)23-19(21-14)22-17-11-7-6-8-15(17)13-20/h3-12H,1-2H3,(H,21,22,23). The summed E-state index contributed by atoms with van der Waals surface area (Å²) in [6.45, 7) is 1.92. The van der Waals surface area contributed by atoms with Crippen LogP contribution in [0, 0.1) is 18.3 Å². The Balaban J connectivity index is 1.94. The number of hydrogen-bond donors (Lipinski definition) is 1. The lowest BCUT2D eigenvalue weighted by atomic mass is 10.2. The van der Waals surface area contributed by atoms with Gasteiger partial charge in [0.15, 0.2) is 0 Å². The van der Waals surface area contributed by atoms with Gasteiger partial charge in [-0.25, -0.2) is 4.98 Å². The van der Waals surface area contributed by atoms with E-state index >= 15 is 0 Å². The van der Waals surface area contributed by atoms with E-state index < -0.39 is 0 Å². The molecule has 0 spiro atoms. The van der Waals surface area contributed by atoms with E-state index in [0.29, 0.717) is 17.2 Å². The van der Waals surface area contributed by atoms with Gasteiger partial charge < -0.3 is 10.2 Å². The van der Waals surface area contributed by atoms with E-state index in [1.165, 1.54) is 0 Å². The highest BCUT2D eigenvalue weighted by atomic mass is 15.2. The number of rotatable bonds is 4. The predicted octanol–water partition coefficient (Wildman–Crippen LogP) is 4.17. The monoisotopic (exact) mass is 315 g/mol. The van der Waals surface area contributed by atoms with E-state index in [4.69, 9.17) is 0 Å². The molecule has 0 bridgehead atoms. The van der Waals surface area contributed by atoms with E-state index in [1.54, 1.807) is 6.07 Å². The average molecular weight is 315 g/mol. The molecule has 24 heavy (non-hydrogen) atoms. The Hall–Kier alpha value is -3.39. The van der Waals surface area contributed by atoms with Gasteiger partial charge in [-0.15, -0.1) is 0 Å². The van der Waals surface area contributed by atoms with Crippen molar-refractivity contribution in [2.45, 2.75) is 6.92 Å². The zero-order valence-corrected chi connectivity index (χ0v) is 13.6. The Labute approximate surface area is 141 Å². The maximum absolute atomic E-state index is 9.20. The number of nitrogens with zero attached hydrogens (tertiary/aromatic N) is 4. The van der Waals surface area contributed by atoms with Crippen molar-refractivity contribution < 1.29 is 0 Å².